The molecule has 9 nitrogen and oxygen atoms in total. The number of hydrogen-bond donors (Lipinski definition) is 4. The SMILES string of the molecule is C=C1CC[C@@H]2[C@H](C(C)(C)O)CC[C@]2(C)[C@H](OC(C)=O)/C=C(\COC(=O)C[C@@](C)(O)CC(=O)O)CC[C@@H]1O. The van der Waals surface area contributed by atoms with Gasteiger partial charge in [-0.05, 0) is 88.4 Å². The van der Waals surface area contributed by atoms with Crippen molar-refractivity contribution in [3.63, 3.8) is 0 Å². The summed E-state index contributed by atoms with van der Waals surface area (Å²) in [4.78, 5) is 35.5. The van der Waals surface area contributed by atoms with Gasteiger partial charge in [0.2, 0.25) is 0 Å². The third-order valence-corrected chi connectivity index (χ3v) is 8.03. The standard InChI is InChI=1S/C28H44O9/c1-17-7-9-21-20(26(3,4)34)11-12-28(21,6)23(37-18(2)29)13-19(8-10-22(17)30)16-36-25(33)15-27(5,35)14-24(31)32/h13,20-23,30,34-35H,1,7-12,14-16H2,2-6H3,(H,31,32)/b19-13-/t20-,21-,22+,23-,27+,28+/m1/s1. The Bertz CT molecular complexity index is 898. The number of fused-ring (bicyclic) bond motifs is 1. The number of aliphatic hydroxyl groups is 3. The van der Waals surface area contributed by atoms with E-state index in [1.54, 1.807) is 19.9 Å². The predicted octanol–water partition coefficient (Wildman–Crippen LogP) is 3.30. The monoisotopic (exact) mass is 524 g/mol. The van der Waals surface area contributed by atoms with Gasteiger partial charge in [0.25, 0.3) is 0 Å². The van der Waals surface area contributed by atoms with Crippen LogP contribution in [0.3, 0.4) is 0 Å². The second-order valence-electron chi connectivity index (χ2n) is 11.9. The fourth-order valence-electron chi connectivity index (χ4n) is 5.96. The Balaban J connectivity index is 2.39. The summed E-state index contributed by atoms with van der Waals surface area (Å²) in [6.07, 6.45) is 2.68. The minimum Gasteiger partial charge on any atom is -0.481 e. The lowest BCUT2D eigenvalue weighted by Crippen LogP contribution is -2.43. The molecule has 37 heavy (non-hydrogen) atoms. The Labute approximate surface area is 219 Å². The maximum Gasteiger partial charge on any atom is 0.309 e. The van der Waals surface area contributed by atoms with Gasteiger partial charge in [-0.2, -0.15) is 0 Å². The van der Waals surface area contributed by atoms with Crippen LogP contribution in [0.4, 0.5) is 0 Å². The summed E-state index contributed by atoms with van der Waals surface area (Å²) in [5, 5.41) is 40.8. The van der Waals surface area contributed by atoms with Crippen molar-refractivity contribution in [1.82, 2.24) is 0 Å². The molecule has 0 spiro atoms. The Hall–Kier alpha value is -2.23. The van der Waals surface area contributed by atoms with E-state index in [-0.39, 0.29) is 18.4 Å². The number of carbonyl (C=O) groups is 3. The average molecular weight is 525 g/mol. The van der Waals surface area contributed by atoms with E-state index in [4.69, 9.17) is 14.6 Å². The van der Waals surface area contributed by atoms with Crippen LogP contribution in [0.5, 0.6) is 0 Å². The zero-order valence-corrected chi connectivity index (χ0v) is 22.8. The van der Waals surface area contributed by atoms with E-state index in [0.29, 0.717) is 43.3 Å². The molecule has 0 aromatic carbocycles. The second-order valence-corrected chi connectivity index (χ2v) is 11.9. The lowest BCUT2D eigenvalue weighted by Gasteiger charge is -2.42. The molecule has 0 bridgehead atoms. The van der Waals surface area contributed by atoms with E-state index in [1.807, 2.05) is 0 Å². The number of carboxylic acids is 1. The third-order valence-electron chi connectivity index (χ3n) is 8.03. The smallest absolute Gasteiger partial charge is 0.309 e. The minimum absolute atomic E-state index is 0.0231. The number of esters is 2. The Morgan fingerprint density at radius 3 is 2.32 bits per heavy atom. The molecular formula is C28H44O9. The maximum absolute atomic E-state index is 12.4. The van der Waals surface area contributed by atoms with Crippen molar-refractivity contribution in [2.75, 3.05) is 6.61 Å². The Morgan fingerprint density at radius 1 is 1.11 bits per heavy atom. The highest BCUT2D eigenvalue weighted by Gasteiger charge is 2.54. The van der Waals surface area contributed by atoms with E-state index in [1.165, 1.54) is 13.8 Å². The van der Waals surface area contributed by atoms with Crippen LogP contribution in [0.1, 0.15) is 86.0 Å². The average Bonchev–Trinajstić information content (AvgIpc) is 3.08. The fourth-order valence-corrected chi connectivity index (χ4v) is 5.96. The van der Waals surface area contributed by atoms with Gasteiger partial charge in [0, 0.05) is 12.3 Å². The van der Waals surface area contributed by atoms with E-state index in [0.717, 1.165) is 6.42 Å². The number of aliphatic carboxylic acids is 1. The van der Waals surface area contributed by atoms with Crippen molar-refractivity contribution in [2.45, 2.75) is 109 Å². The van der Waals surface area contributed by atoms with Gasteiger partial charge < -0.3 is 29.9 Å². The first-order valence-corrected chi connectivity index (χ1v) is 13.0. The van der Waals surface area contributed by atoms with Crippen LogP contribution in [0, 0.1) is 17.3 Å². The van der Waals surface area contributed by atoms with Gasteiger partial charge in [-0.3, -0.25) is 14.4 Å². The van der Waals surface area contributed by atoms with Crippen molar-refractivity contribution in [3.8, 4) is 0 Å². The molecule has 0 heterocycles. The number of carboxylic acid groups (broad SMARTS) is 1. The van der Waals surface area contributed by atoms with Gasteiger partial charge in [-0.25, -0.2) is 0 Å². The summed E-state index contributed by atoms with van der Waals surface area (Å²) in [7, 11) is 0. The molecule has 6 atom stereocenters. The molecule has 0 amide bonds. The molecule has 0 radical (unpaired) electrons. The van der Waals surface area contributed by atoms with Gasteiger partial charge in [0.15, 0.2) is 0 Å². The molecule has 2 rings (SSSR count). The van der Waals surface area contributed by atoms with Gasteiger partial charge in [0.05, 0.1) is 30.1 Å². The first-order valence-electron chi connectivity index (χ1n) is 13.0. The zero-order valence-electron chi connectivity index (χ0n) is 22.8. The molecule has 2 aliphatic carbocycles. The van der Waals surface area contributed by atoms with Crippen LogP contribution in [0.15, 0.2) is 23.8 Å². The normalized spacial score (nSPS) is 32.2. The highest BCUT2D eigenvalue weighted by Crippen LogP contribution is 2.56. The van der Waals surface area contributed by atoms with Crippen LogP contribution in [0.25, 0.3) is 0 Å². The molecule has 4 N–H and O–H groups in total. The molecule has 0 aromatic rings. The molecule has 0 unspecified atom stereocenters. The summed E-state index contributed by atoms with van der Waals surface area (Å²) in [6, 6.07) is 0. The first kappa shape index (κ1) is 31.0. The molecule has 9 heteroatoms. The summed E-state index contributed by atoms with van der Waals surface area (Å²) in [6.45, 7) is 12.2. The van der Waals surface area contributed by atoms with Gasteiger partial charge in [-0.1, -0.05) is 13.5 Å². The first-order chi connectivity index (χ1) is 16.9. The minimum atomic E-state index is -1.75. The number of aliphatic hydroxyl groups excluding tert-OH is 1. The van der Waals surface area contributed by atoms with Crippen LogP contribution < -0.4 is 0 Å². The molecular weight excluding hydrogens is 480 g/mol. The van der Waals surface area contributed by atoms with Crippen molar-refractivity contribution in [1.29, 1.82) is 0 Å². The maximum atomic E-state index is 12.4. The van der Waals surface area contributed by atoms with E-state index < -0.39 is 59.6 Å². The lowest BCUT2D eigenvalue weighted by molar-refractivity contribution is -0.153. The third kappa shape index (κ3) is 8.65. The van der Waals surface area contributed by atoms with Crippen LogP contribution in [0.2, 0.25) is 0 Å². The molecule has 0 saturated heterocycles. The predicted molar refractivity (Wildman–Crippen MR) is 136 cm³/mol. The molecule has 0 aromatic heterocycles. The number of rotatable bonds is 8. The molecule has 210 valence electrons. The number of ether oxygens (including phenoxy) is 2. The van der Waals surface area contributed by atoms with Gasteiger partial charge in [-0.15, -0.1) is 0 Å². The molecule has 2 aliphatic rings. The summed E-state index contributed by atoms with van der Waals surface area (Å²) in [5.74, 6) is -2.51. The van der Waals surface area contributed by atoms with Crippen LogP contribution >= 0.6 is 0 Å². The molecule has 0 aliphatic heterocycles. The Kier molecular flexibility index (Phi) is 10.1. The van der Waals surface area contributed by atoms with Gasteiger partial charge in [0.1, 0.15) is 12.7 Å². The Morgan fingerprint density at radius 2 is 1.76 bits per heavy atom. The number of carbonyl (C=O) groups excluding carboxylic acids is 2. The van der Waals surface area contributed by atoms with Crippen molar-refractivity contribution < 1.29 is 44.3 Å². The zero-order chi connectivity index (χ0) is 28.2. The van der Waals surface area contributed by atoms with Crippen molar-refractivity contribution >= 4 is 17.9 Å². The largest absolute Gasteiger partial charge is 0.481 e. The van der Waals surface area contributed by atoms with Crippen molar-refractivity contribution in [3.05, 3.63) is 23.8 Å². The number of hydrogen-bond acceptors (Lipinski definition) is 8. The summed E-state index contributed by atoms with van der Waals surface area (Å²) >= 11 is 0. The highest BCUT2D eigenvalue weighted by atomic mass is 16.5. The van der Waals surface area contributed by atoms with Gasteiger partial charge >= 0.3 is 17.9 Å². The quantitative estimate of drug-likeness (QED) is 0.277. The fraction of sp³-hybridized carbons (Fsp3) is 0.750. The molecule has 1 fully saturated rings. The summed E-state index contributed by atoms with van der Waals surface area (Å²) in [5.41, 5.74) is -1.88. The van der Waals surface area contributed by atoms with E-state index >= 15 is 0 Å². The summed E-state index contributed by atoms with van der Waals surface area (Å²) < 4.78 is 11.2. The van der Waals surface area contributed by atoms with E-state index in [9.17, 15) is 29.7 Å². The van der Waals surface area contributed by atoms with E-state index in [2.05, 4.69) is 13.5 Å². The highest BCUT2D eigenvalue weighted by molar-refractivity contribution is 5.74. The van der Waals surface area contributed by atoms with Crippen LogP contribution in [-0.4, -0.2) is 68.4 Å². The lowest BCUT2D eigenvalue weighted by atomic mass is 9.67. The van der Waals surface area contributed by atoms with Crippen molar-refractivity contribution in [2.24, 2.45) is 17.3 Å². The second kappa shape index (κ2) is 12.1. The topological polar surface area (TPSA) is 151 Å². The van der Waals surface area contributed by atoms with Crippen LogP contribution in [-0.2, 0) is 23.9 Å². The molecule has 1 saturated carbocycles.